The third-order valence-electron chi connectivity index (χ3n) is 4.46. The Bertz CT molecular complexity index is 883. The Hall–Kier alpha value is -2.88. The quantitative estimate of drug-likeness (QED) is 0.644. The van der Waals surface area contributed by atoms with E-state index in [-0.39, 0.29) is 5.56 Å². The maximum absolute atomic E-state index is 12.7. The highest BCUT2D eigenvalue weighted by Crippen LogP contribution is 2.16. The third kappa shape index (κ3) is 4.39. The van der Waals surface area contributed by atoms with Crippen molar-refractivity contribution < 1.29 is 0 Å². The summed E-state index contributed by atoms with van der Waals surface area (Å²) >= 11 is 0. The van der Waals surface area contributed by atoms with Crippen LogP contribution in [-0.2, 0) is 6.42 Å². The Kier molecular flexibility index (Phi) is 5.84. The normalized spacial score (nSPS) is 10.9. The minimum Gasteiger partial charge on any atom is -0.365 e. The Morgan fingerprint density at radius 2 is 1.77 bits per heavy atom. The molecule has 4 nitrogen and oxygen atoms in total. The van der Waals surface area contributed by atoms with Crippen molar-refractivity contribution in [2.45, 2.75) is 32.6 Å². The fourth-order valence-electron chi connectivity index (χ4n) is 2.90. The Labute approximate surface area is 154 Å². The molecule has 0 amide bonds. The number of aryl methyl sites for hydroxylation is 1. The summed E-state index contributed by atoms with van der Waals surface area (Å²) in [6, 6.07) is 18.5. The highest BCUT2D eigenvalue weighted by atomic mass is 16.1. The van der Waals surface area contributed by atoms with Gasteiger partial charge < -0.3 is 5.32 Å². The molecule has 0 saturated carbocycles. The fourth-order valence-corrected chi connectivity index (χ4v) is 2.90. The summed E-state index contributed by atoms with van der Waals surface area (Å²) in [5.41, 5.74) is 3.30. The van der Waals surface area contributed by atoms with Crippen molar-refractivity contribution in [2.24, 2.45) is 0 Å². The van der Waals surface area contributed by atoms with Crippen LogP contribution in [0.3, 0.4) is 0 Å². The Morgan fingerprint density at radius 1 is 1.04 bits per heavy atom. The molecule has 1 aromatic heterocycles. The molecular formula is C22H25N3O. The molecule has 2 aromatic carbocycles. The van der Waals surface area contributed by atoms with Gasteiger partial charge in [0.25, 0.3) is 5.56 Å². The lowest BCUT2D eigenvalue weighted by molar-refractivity contribution is 0.848. The number of anilines is 1. The number of benzene rings is 2. The molecule has 0 saturated heterocycles. The zero-order valence-corrected chi connectivity index (χ0v) is 15.4. The van der Waals surface area contributed by atoms with Gasteiger partial charge in [0, 0.05) is 24.6 Å². The Morgan fingerprint density at radius 3 is 2.46 bits per heavy atom. The highest BCUT2D eigenvalue weighted by molar-refractivity contribution is 5.40. The number of aromatic nitrogens is 2. The van der Waals surface area contributed by atoms with Gasteiger partial charge in [-0.25, -0.2) is 4.98 Å². The summed E-state index contributed by atoms with van der Waals surface area (Å²) in [4.78, 5) is 16.9. The van der Waals surface area contributed by atoms with E-state index in [1.807, 2.05) is 30.3 Å². The minimum absolute atomic E-state index is 0.121. The van der Waals surface area contributed by atoms with Gasteiger partial charge in [-0.05, 0) is 42.0 Å². The molecule has 1 N–H and O–H groups in total. The first-order valence-electron chi connectivity index (χ1n) is 9.11. The van der Waals surface area contributed by atoms with E-state index in [2.05, 4.69) is 48.4 Å². The van der Waals surface area contributed by atoms with Crippen LogP contribution in [0.15, 0.2) is 71.8 Å². The molecule has 0 bridgehead atoms. The van der Waals surface area contributed by atoms with Gasteiger partial charge in [0.15, 0.2) is 5.82 Å². The van der Waals surface area contributed by atoms with Crippen LogP contribution in [0.5, 0.6) is 0 Å². The summed E-state index contributed by atoms with van der Waals surface area (Å²) in [7, 11) is 0. The molecule has 0 spiro atoms. The molecule has 26 heavy (non-hydrogen) atoms. The van der Waals surface area contributed by atoms with Gasteiger partial charge >= 0.3 is 0 Å². The number of hydrogen-bond donors (Lipinski definition) is 1. The van der Waals surface area contributed by atoms with Crippen LogP contribution >= 0.6 is 0 Å². The second-order valence-electron chi connectivity index (χ2n) is 6.71. The van der Waals surface area contributed by atoms with Crippen molar-refractivity contribution >= 4 is 5.82 Å². The molecule has 0 aliphatic carbocycles. The van der Waals surface area contributed by atoms with E-state index in [0.29, 0.717) is 18.3 Å². The van der Waals surface area contributed by atoms with Crippen LogP contribution in [0.4, 0.5) is 5.82 Å². The number of nitrogens with zero attached hydrogens (tertiary/aromatic N) is 2. The van der Waals surface area contributed by atoms with E-state index < -0.39 is 0 Å². The Balaban J connectivity index is 1.66. The first-order chi connectivity index (χ1) is 12.6. The van der Waals surface area contributed by atoms with Crippen molar-refractivity contribution in [3.63, 3.8) is 0 Å². The standard InChI is InChI=1S/C22H25N3O/c1-17(2)19-10-12-20(13-11-19)25-16-15-24-21(22(25)26)23-14-6-9-18-7-4-3-5-8-18/h3-5,7-8,10-13,15-17H,6,9,14H2,1-2H3,(H,23,24). The van der Waals surface area contributed by atoms with Crippen molar-refractivity contribution in [1.82, 2.24) is 9.55 Å². The van der Waals surface area contributed by atoms with Gasteiger partial charge in [-0.3, -0.25) is 9.36 Å². The van der Waals surface area contributed by atoms with E-state index in [9.17, 15) is 4.79 Å². The molecule has 3 rings (SSSR count). The van der Waals surface area contributed by atoms with Gasteiger partial charge in [-0.15, -0.1) is 0 Å². The highest BCUT2D eigenvalue weighted by Gasteiger charge is 2.07. The largest absolute Gasteiger partial charge is 0.365 e. The molecule has 0 radical (unpaired) electrons. The van der Waals surface area contributed by atoms with Gasteiger partial charge in [0.05, 0.1) is 0 Å². The van der Waals surface area contributed by atoms with Crippen LogP contribution in [-0.4, -0.2) is 16.1 Å². The molecule has 0 unspecified atom stereocenters. The van der Waals surface area contributed by atoms with Gasteiger partial charge in [-0.1, -0.05) is 56.3 Å². The summed E-state index contributed by atoms with van der Waals surface area (Å²) in [6.07, 6.45) is 5.30. The molecular weight excluding hydrogens is 322 g/mol. The predicted molar refractivity (Wildman–Crippen MR) is 107 cm³/mol. The summed E-state index contributed by atoms with van der Waals surface area (Å²) in [5.74, 6) is 0.869. The first-order valence-corrected chi connectivity index (χ1v) is 9.11. The van der Waals surface area contributed by atoms with Crippen LogP contribution in [0, 0.1) is 0 Å². The lowest BCUT2D eigenvalue weighted by Crippen LogP contribution is -2.23. The second kappa shape index (κ2) is 8.48. The van der Waals surface area contributed by atoms with Crippen LogP contribution in [0.25, 0.3) is 5.69 Å². The van der Waals surface area contributed by atoms with Crippen molar-refractivity contribution in [2.75, 3.05) is 11.9 Å². The molecule has 0 aliphatic rings. The number of rotatable bonds is 7. The van der Waals surface area contributed by atoms with E-state index in [4.69, 9.17) is 0 Å². The predicted octanol–water partition coefficient (Wildman–Crippen LogP) is 4.40. The average molecular weight is 347 g/mol. The third-order valence-corrected chi connectivity index (χ3v) is 4.46. The maximum atomic E-state index is 12.7. The van der Waals surface area contributed by atoms with Crippen molar-refractivity contribution in [1.29, 1.82) is 0 Å². The lowest BCUT2D eigenvalue weighted by atomic mass is 10.0. The van der Waals surface area contributed by atoms with Crippen LogP contribution in [0.2, 0.25) is 0 Å². The van der Waals surface area contributed by atoms with Gasteiger partial charge in [0.1, 0.15) is 0 Å². The summed E-state index contributed by atoms with van der Waals surface area (Å²) < 4.78 is 1.64. The molecule has 0 aliphatic heterocycles. The zero-order valence-electron chi connectivity index (χ0n) is 15.4. The molecule has 4 heteroatoms. The van der Waals surface area contributed by atoms with E-state index in [1.165, 1.54) is 11.1 Å². The average Bonchev–Trinajstić information content (AvgIpc) is 2.67. The molecule has 134 valence electrons. The monoisotopic (exact) mass is 347 g/mol. The molecule has 0 fully saturated rings. The SMILES string of the molecule is CC(C)c1ccc(-n2ccnc(NCCCc3ccccc3)c2=O)cc1. The molecule has 1 heterocycles. The number of nitrogens with one attached hydrogen (secondary N) is 1. The van der Waals surface area contributed by atoms with Gasteiger partial charge in [-0.2, -0.15) is 0 Å². The van der Waals surface area contributed by atoms with E-state index in [0.717, 1.165) is 18.5 Å². The fraction of sp³-hybridized carbons (Fsp3) is 0.273. The number of hydrogen-bond acceptors (Lipinski definition) is 3. The second-order valence-corrected chi connectivity index (χ2v) is 6.71. The lowest BCUT2D eigenvalue weighted by Gasteiger charge is -2.11. The molecule has 3 aromatic rings. The van der Waals surface area contributed by atoms with Crippen molar-refractivity contribution in [3.8, 4) is 5.69 Å². The molecule has 0 atom stereocenters. The minimum atomic E-state index is -0.121. The maximum Gasteiger partial charge on any atom is 0.297 e. The zero-order chi connectivity index (χ0) is 18.4. The topological polar surface area (TPSA) is 46.9 Å². The van der Waals surface area contributed by atoms with Crippen LogP contribution in [0.1, 0.15) is 37.3 Å². The first kappa shape index (κ1) is 17.9. The summed E-state index contributed by atoms with van der Waals surface area (Å²) in [5, 5.41) is 3.18. The van der Waals surface area contributed by atoms with E-state index in [1.54, 1.807) is 17.0 Å². The van der Waals surface area contributed by atoms with Gasteiger partial charge in [0.2, 0.25) is 0 Å². The summed E-state index contributed by atoms with van der Waals surface area (Å²) in [6.45, 7) is 5.03. The van der Waals surface area contributed by atoms with E-state index >= 15 is 0 Å². The smallest absolute Gasteiger partial charge is 0.297 e. The van der Waals surface area contributed by atoms with Crippen molar-refractivity contribution in [3.05, 3.63) is 88.5 Å². The van der Waals surface area contributed by atoms with Crippen LogP contribution < -0.4 is 10.9 Å².